The Morgan fingerprint density at radius 3 is 1.17 bits per heavy atom. The van der Waals surface area contributed by atoms with E-state index >= 15 is 0 Å². The highest BCUT2D eigenvalue weighted by Crippen LogP contribution is 2.14. The molecule has 164 valence electrons. The zero-order valence-electron chi connectivity index (χ0n) is 19.1. The normalized spacial score (nSPS) is 17.2. The van der Waals surface area contributed by atoms with E-state index in [9.17, 15) is 0 Å². The summed E-state index contributed by atoms with van der Waals surface area (Å²) in [5.41, 5.74) is 0. The molecule has 4 heteroatoms. The Morgan fingerprint density at radius 2 is 0.931 bits per heavy atom. The van der Waals surface area contributed by atoms with Crippen LogP contribution in [0.25, 0.3) is 0 Å². The van der Waals surface area contributed by atoms with Crippen molar-refractivity contribution in [3.8, 4) is 11.5 Å². The number of ether oxygens (including phenoxy) is 4. The number of benzene rings is 2. The molecule has 4 nitrogen and oxygen atoms in total. The molecule has 2 aromatic carbocycles. The summed E-state index contributed by atoms with van der Waals surface area (Å²) in [6, 6.07) is 19.6. The third-order valence-corrected chi connectivity index (χ3v) is 3.16. The van der Waals surface area contributed by atoms with E-state index in [1.807, 2.05) is 88.4 Å². The highest BCUT2D eigenvalue weighted by Gasteiger charge is 2.23. The summed E-state index contributed by atoms with van der Waals surface area (Å²) in [4.78, 5) is 0. The van der Waals surface area contributed by atoms with Crippen LogP contribution in [0.2, 0.25) is 0 Å². The van der Waals surface area contributed by atoms with Crippen molar-refractivity contribution in [2.24, 2.45) is 0 Å². The zero-order chi connectivity index (χ0) is 21.7. The van der Waals surface area contributed by atoms with Crippen molar-refractivity contribution >= 4 is 0 Å². The van der Waals surface area contributed by atoms with Crippen molar-refractivity contribution in [1.29, 1.82) is 0 Å². The van der Waals surface area contributed by atoms with Gasteiger partial charge in [0.1, 0.15) is 36.9 Å². The van der Waals surface area contributed by atoms with Crippen molar-refractivity contribution in [1.82, 2.24) is 0 Å². The maximum absolute atomic E-state index is 5.40. The largest absolute Gasteiger partial charge is 0.491 e. The molecule has 2 saturated heterocycles. The number of rotatable bonds is 6. The summed E-state index contributed by atoms with van der Waals surface area (Å²) in [7, 11) is 0. The molecule has 0 amide bonds. The second kappa shape index (κ2) is 19.3. The minimum atomic E-state index is 0.343. The van der Waals surface area contributed by atoms with Crippen LogP contribution in [-0.2, 0) is 9.47 Å². The van der Waals surface area contributed by atoms with Crippen LogP contribution < -0.4 is 9.47 Å². The zero-order valence-corrected chi connectivity index (χ0v) is 19.1. The lowest BCUT2D eigenvalue weighted by molar-refractivity contribution is 0.263. The van der Waals surface area contributed by atoms with Gasteiger partial charge in [0.15, 0.2) is 0 Å². The van der Waals surface area contributed by atoms with Crippen LogP contribution in [0, 0.1) is 0 Å². The Hall–Kier alpha value is -2.04. The SMILES string of the molecule is CC.CC.CCC.c1ccc(OCC2CO2)cc1.c1ccc(OCC2CO2)cc1. The van der Waals surface area contributed by atoms with Gasteiger partial charge in [0.2, 0.25) is 0 Å². The van der Waals surface area contributed by atoms with E-state index in [-0.39, 0.29) is 0 Å². The molecule has 0 N–H and O–H groups in total. The number of hydrogen-bond donors (Lipinski definition) is 0. The summed E-state index contributed by atoms with van der Waals surface area (Å²) >= 11 is 0. The molecule has 0 spiro atoms. The van der Waals surface area contributed by atoms with E-state index < -0.39 is 0 Å². The minimum absolute atomic E-state index is 0.343. The lowest BCUT2D eigenvalue weighted by atomic mass is 10.3. The first kappa shape index (κ1) is 27.0. The maximum Gasteiger partial charge on any atom is 0.119 e. The van der Waals surface area contributed by atoms with Gasteiger partial charge in [0.05, 0.1) is 13.2 Å². The van der Waals surface area contributed by atoms with Gasteiger partial charge in [0.25, 0.3) is 0 Å². The Labute approximate surface area is 178 Å². The van der Waals surface area contributed by atoms with E-state index in [2.05, 4.69) is 13.8 Å². The van der Waals surface area contributed by atoms with Gasteiger partial charge in [-0.3, -0.25) is 0 Å². The molecule has 2 atom stereocenters. The van der Waals surface area contributed by atoms with Crippen molar-refractivity contribution in [3.63, 3.8) is 0 Å². The lowest BCUT2D eigenvalue weighted by Gasteiger charge is -2.01. The molecule has 2 fully saturated rings. The summed E-state index contributed by atoms with van der Waals surface area (Å²) < 4.78 is 20.8. The number of hydrogen-bond acceptors (Lipinski definition) is 4. The van der Waals surface area contributed by atoms with Gasteiger partial charge in [0, 0.05) is 0 Å². The van der Waals surface area contributed by atoms with Crippen LogP contribution in [-0.4, -0.2) is 38.6 Å². The molecule has 4 rings (SSSR count). The van der Waals surface area contributed by atoms with Crippen LogP contribution in [0.3, 0.4) is 0 Å². The van der Waals surface area contributed by atoms with Crippen molar-refractivity contribution in [2.75, 3.05) is 26.4 Å². The average Bonchev–Trinajstić information content (AvgIpc) is 3.72. The second-order valence-electron chi connectivity index (χ2n) is 5.87. The van der Waals surface area contributed by atoms with Crippen molar-refractivity contribution < 1.29 is 18.9 Å². The van der Waals surface area contributed by atoms with Gasteiger partial charge in [-0.25, -0.2) is 0 Å². The molecular formula is C25H40O4. The Bertz CT molecular complexity index is 500. The smallest absolute Gasteiger partial charge is 0.119 e. The van der Waals surface area contributed by atoms with Gasteiger partial charge in [-0.05, 0) is 24.3 Å². The molecule has 0 aromatic heterocycles. The highest BCUT2D eigenvalue weighted by atomic mass is 16.6. The molecule has 0 saturated carbocycles. The first-order chi connectivity index (χ1) is 14.3. The third kappa shape index (κ3) is 16.6. The van der Waals surface area contributed by atoms with E-state index in [1.54, 1.807) is 0 Å². The highest BCUT2D eigenvalue weighted by molar-refractivity contribution is 5.21. The average molecular weight is 405 g/mol. The summed E-state index contributed by atoms with van der Waals surface area (Å²) in [6.07, 6.45) is 1.94. The molecule has 2 unspecified atom stereocenters. The monoisotopic (exact) mass is 404 g/mol. The second-order valence-corrected chi connectivity index (χ2v) is 5.87. The lowest BCUT2D eigenvalue weighted by Crippen LogP contribution is -2.03. The van der Waals surface area contributed by atoms with E-state index in [0.717, 1.165) is 24.7 Å². The van der Waals surface area contributed by atoms with Crippen LogP contribution in [0.15, 0.2) is 60.7 Å². The van der Waals surface area contributed by atoms with Gasteiger partial charge >= 0.3 is 0 Å². The Balaban J connectivity index is 0.000000416. The van der Waals surface area contributed by atoms with E-state index in [0.29, 0.717) is 25.4 Å². The quantitative estimate of drug-likeness (QED) is 0.523. The van der Waals surface area contributed by atoms with E-state index in [4.69, 9.17) is 18.9 Å². The first-order valence-corrected chi connectivity index (χ1v) is 10.9. The van der Waals surface area contributed by atoms with Crippen LogP contribution in [0.4, 0.5) is 0 Å². The van der Waals surface area contributed by atoms with Crippen molar-refractivity contribution in [3.05, 3.63) is 60.7 Å². The molecule has 29 heavy (non-hydrogen) atoms. The fourth-order valence-corrected chi connectivity index (χ4v) is 1.74. The Kier molecular flexibility index (Phi) is 17.9. The Morgan fingerprint density at radius 1 is 0.655 bits per heavy atom. The van der Waals surface area contributed by atoms with Crippen LogP contribution in [0.5, 0.6) is 11.5 Å². The summed E-state index contributed by atoms with van der Waals surface area (Å²) in [5.74, 6) is 1.84. The minimum Gasteiger partial charge on any atom is -0.491 e. The van der Waals surface area contributed by atoms with Crippen molar-refractivity contribution in [2.45, 2.75) is 60.2 Å². The fourth-order valence-electron chi connectivity index (χ4n) is 1.74. The molecule has 2 aliphatic heterocycles. The number of epoxide rings is 2. The molecule has 2 heterocycles. The predicted octanol–water partition coefficient (Wildman–Crippen LogP) is 6.40. The van der Waals surface area contributed by atoms with Gasteiger partial charge < -0.3 is 18.9 Å². The first-order valence-electron chi connectivity index (χ1n) is 10.9. The maximum atomic E-state index is 5.40. The predicted molar refractivity (Wildman–Crippen MR) is 122 cm³/mol. The summed E-state index contributed by atoms with van der Waals surface area (Å²) in [5, 5.41) is 0. The van der Waals surface area contributed by atoms with Crippen LogP contribution >= 0.6 is 0 Å². The fraction of sp³-hybridized carbons (Fsp3) is 0.520. The molecule has 0 bridgehead atoms. The summed E-state index contributed by atoms with van der Waals surface area (Å²) in [6.45, 7) is 15.3. The molecule has 2 aliphatic rings. The molecule has 2 aromatic rings. The van der Waals surface area contributed by atoms with Gasteiger partial charge in [-0.15, -0.1) is 0 Å². The van der Waals surface area contributed by atoms with Gasteiger partial charge in [-0.2, -0.15) is 0 Å². The molecule has 0 aliphatic carbocycles. The topological polar surface area (TPSA) is 43.5 Å². The van der Waals surface area contributed by atoms with Crippen LogP contribution in [0.1, 0.15) is 48.0 Å². The molecular weight excluding hydrogens is 364 g/mol. The molecule has 0 radical (unpaired) electrons. The standard InChI is InChI=1S/2C9H10O2.C3H8.2C2H6/c2*1-2-4-8(5-3-1)10-6-9-7-11-9;1-3-2;2*1-2/h2*1-5,9H,6-7H2;3H2,1-2H3;2*1-2H3. The van der Waals surface area contributed by atoms with Gasteiger partial charge in [-0.1, -0.05) is 84.4 Å². The van der Waals surface area contributed by atoms with E-state index in [1.165, 1.54) is 6.42 Å². The third-order valence-electron chi connectivity index (χ3n) is 3.16. The number of para-hydroxylation sites is 2.